The SMILES string of the molecule is CCC(Sc1cccc(NC(=O)c2ccccc2C(=O)[O-])c1)C(=O)Nc1cccc(C(F)(F)F)c1. The minimum atomic E-state index is -4.52. The summed E-state index contributed by atoms with van der Waals surface area (Å²) >= 11 is 1.18. The zero-order chi connectivity index (χ0) is 25.6. The van der Waals surface area contributed by atoms with Crippen LogP contribution in [0.3, 0.4) is 0 Å². The third-order valence-electron chi connectivity index (χ3n) is 4.88. The van der Waals surface area contributed by atoms with Crippen LogP contribution >= 0.6 is 11.8 Å². The van der Waals surface area contributed by atoms with Gasteiger partial charge < -0.3 is 20.5 Å². The van der Waals surface area contributed by atoms with Crippen LogP contribution in [0.15, 0.2) is 77.7 Å². The first-order valence-corrected chi connectivity index (χ1v) is 11.3. The predicted octanol–water partition coefficient (Wildman–Crippen LogP) is 4.83. The monoisotopic (exact) mass is 501 g/mol. The molecule has 0 saturated carbocycles. The van der Waals surface area contributed by atoms with Gasteiger partial charge in [-0.25, -0.2) is 0 Å². The van der Waals surface area contributed by atoms with Crippen LogP contribution in [0, 0.1) is 0 Å². The highest BCUT2D eigenvalue weighted by atomic mass is 32.2. The van der Waals surface area contributed by atoms with Crippen molar-refractivity contribution < 1.29 is 32.7 Å². The summed E-state index contributed by atoms with van der Waals surface area (Å²) in [5, 5.41) is 15.8. The van der Waals surface area contributed by atoms with Gasteiger partial charge in [0.15, 0.2) is 0 Å². The quantitative estimate of drug-likeness (QED) is 0.431. The highest BCUT2D eigenvalue weighted by Crippen LogP contribution is 2.32. The summed E-state index contributed by atoms with van der Waals surface area (Å²) in [7, 11) is 0. The van der Waals surface area contributed by atoms with Crippen molar-refractivity contribution in [2.75, 3.05) is 10.6 Å². The van der Waals surface area contributed by atoms with E-state index in [4.69, 9.17) is 0 Å². The van der Waals surface area contributed by atoms with Crippen molar-refractivity contribution in [2.24, 2.45) is 0 Å². The van der Waals surface area contributed by atoms with Crippen LogP contribution in [0.2, 0.25) is 0 Å². The van der Waals surface area contributed by atoms with E-state index in [1.54, 1.807) is 31.2 Å². The van der Waals surface area contributed by atoms with Crippen LogP contribution in [0.25, 0.3) is 0 Å². The number of carbonyl (C=O) groups is 3. The number of rotatable bonds is 8. The molecule has 0 bridgehead atoms. The predicted molar refractivity (Wildman–Crippen MR) is 125 cm³/mol. The second-order valence-electron chi connectivity index (χ2n) is 7.40. The number of nitrogens with one attached hydrogen (secondary N) is 2. The standard InChI is InChI=1S/C25H21F3N2O4S/c1-2-21(23(32)30-16-8-5-7-15(13-16)25(26,27)28)35-18-10-6-9-17(14-18)29-22(31)19-11-3-4-12-20(19)24(33)34/h3-14,21H,2H2,1H3,(H,29,31)(H,30,32)(H,33,34)/p-1. The van der Waals surface area contributed by atoms with Gasteiger partial charge in [-0.3, -0.25) is 9.59 Å². The normalized spacial score (nSPS) is 12.0. The molecule has 0 radical (unpaired) electrons. The van der Waals surface area contributed by atoms with Crippen molar-refractivity contribution in [3.8, 4) is 0 Å². The number of hydrogen-bond donors (Lipinski definition) is 2. The fourth-order valence-corrected chi connectivity index (χ4v) is 4.20. The van der Waals surface area contributed by atoms with E-state index in [1.807, 2.05) is 0 Å². The summed E-state index contributed by atoms with van der Waals surface area (Å²) in [6, 6.07) is 16.6. The minimum Gasteiger partial charge on any atom is -0.545 e. The number of carbonyl (C=O) groups excluding carboxylic acids is 3. The molecule has 6 nitrogen and oxygen atoms in total. The maximum atomic E-state index is 12.9. The van der Waals surface area contributed by atoms with Gasteiger partial charge in [-0.2, -0.15) is 13.2 Å². The average Bonchev–Trinajstić information content (AvgIpc) is 2.82. The first-order valence-electron chi connectivity index (χ1n) is 10.4. The number of alkyl halides is 3. The zero-order valence-corrected chi connectivity index (χ0v) is 19.2. The molecule has 3 aromatic carbocycles. The van der Waals surface area contributed by atoms with Gasteiger partial charge in [-0.15, -0.1) is 11.8 Å². The molecule has 35 heavy (non-hydrogen) atoms. The lowest BCUT2D eigenvalue weighted by molar-refractivity contribution is -0.255. The molecule has 1 atom stereocenters. The lowest BCUT2D eigenvalue weighted by Gasteiger charge is -2.16. The van der Waals surface area contributed by atoms with Crippen molar-refractivity contribution in [3.05, 3.63) is 89.5 Å². The van der Waals surface area contributed by atoms with Gasteiger partial charge in [0.05, 0.1) is 16.8 Å². The van der Waals surface area contributed by atoms with E-state index in [1.165, 1.54) is 48.2 Å². The summed E-state index contributed by atoms with van der Waals surface area (Å²) in [5.74, 6) is -2.58. The molecule has 10 heteroatoms. The molecule has 0 saturated heterocycles. The van der Waals surface area contributed by atoms with E-state index in [0.29, 0.717) is 17.0 Å². The number of hydrogen-bond acceptors (Lipinski definition) is 5. The molecule has 3 aromatic rings. The van der Waals surface area contributed by atoms with Crippen molar-refractivity contribution >= 4 is 40.9 Å². The molecule has 3 rings (SSSR count). The molecule has 2 N–H and O–H groups in total. The van der Waals surface area contributed by atoms with E-state index in [2.05, 4.69) is 10.6 Å². The Hall–Kier alpha value is -3.79. The topological polar surface area (TPSA) is 98.3 Å². The van der Waals surface area contributed by atoms with Crippen molar-refractivity contribution in [3.63, 3.8) is 0 Å². The highest BCUT2D eigenvalue weighted by molar-refractivity contribution is 8.00. The van der Waals surface area contributed by atoms with Crippen molar-refractivity contribution in [2.45, 2.75) is 29.7 Å². The maximum Gasteiger partial charge on any atom is 0.416 e. The average molecular weight is 502 g/mol. The number of benzene rings is 3. The van der Waals surface area contributed by atoms with Gasteiger partial charge in [0.25, 0.3) is 5.91 Å². The Morgan fingerprint density at radius 1 is 0.886 bits per heavy atom. The molecular weight excluding hydrogens is 481 g/mol. The van der Waals surface area contributed by atoms with E-state index in [9.17, 15) is 32.7 Å². The second-order valence-corrected chi connectivity index (χ2v) is 8.67. The Morgan fingerprint density at radius 3 is 2.14 bits per heavy atom. The van der Waals surface area contributed by atoms with E-state index >= 15 is 0 Å². The second kappa shape index (κ2) is 11.1. The zero-order valence-electron chi connectivity index (χ0n) is 18.4. The molecule has 1 unspecified atom stereocenters. The Kier molecular flexibility index (Phi) is 8.18. The van der Waals surface area contributed by atoms with Crippen LogP contribution in [0.4, 0.5) is 24.5 Å². The van der Waals surface area contributed by atoms with E-state index in [0.717, 1.165) is 12.1 Å². The highest BCUT2D eigenvalue weighted by Gasteiger charge is 2.30. The van der Waals surface area contributed by atoms with Crippen LogP contribution in [-0.2, 0) is 11.0 Å². The van der Waals surface area contributed by atoms with Crippen LogP contribution in [-0.4, -0.2) is 23.0 Å². The molecule has 0 heterocycles. The summed E-state index contributed by atoms with van der Waals surface area (Å²) in [6.07, 6.45) is -4.13. The Labute approximate surface area is 203 Å². The van der Waals surface area contributed by atoms with E-state index in [-0.39, 0.29) is 16.8 Å². The number of halogens is 3. The van der Waals surface area contributed by atoms with Crippen molar-refractivity contribution in [1.82, 2.24) is 0 Å². The molecule has 2 amide bonds. The van der Waals surface area contributed by atoms with Gasteiger partial charge >= 0.3 is 6.18 Å². The molecule has 0 aliphatic heterocycles. The third kappa shape index (κ3) is 6.86. The Morgan fingerprint density at radius 2 is 1.51 bits per heavy atom. The summed E-state index contributed by atoms with van der Waals surface area (Å²) in [4.78, 5) is 37.2. The molecule has 0 fully saturated rings. The van der Waals surface area contributed by atoms with Crippen molar-refractivity contribution in [1.29, 1.82) is 0 Å². The van der Waals surface area contributed by atoms with E-state index < -0.39 is 34.8 Å². The largest absolute Gasteiger partial charge is 0.545 e. The smallest absolute Gasteiger partial charge is 0.416 e. The van der Waals surface area contributed by atoms with Gasteiger partial charge in [0, 0.05) is 27.4 Å². The molecular formula is C25H20F3N2O4S-. The molecule has 0 aliphatic carbocycles. The molecule has 0 spiro atoms. The fraction of sp³-hybridized carbons (Fsp3) is 0.160. The molecule has 0 aliphatic rings. The van der Waals surface area contributed by atoms with Crippen LogP contribution < -0.4 is 15.7 Å². The fourth-order valence-electron chi connectivity index (χ4n) is 3.19. The number of carboxylic acid groups (broad SMARTS) is 1. The minimum absolute atomic E-state index is 0.0384. The summed E-state index contributed by atoms with van der Waals surface area (Å²) in [6.45, 7) is 1.77. The number of amides is 2. The molecule has 182 valence electrons. The van der Waals surface area contributed by atoms with Gasteiger partial charge in [0.1, 0.15) is 0 Å². The number of aromatic carboxylic acids is 1. The lowest BCUT2D eigenvalue weighted by Crippen LogP contribution is -2.26. The summed E-state index contributed by atoms with van der Waals surface area (Å²) in [5.41, 5.74) is -0.747. The molecule has 0 aromatic heterocycles. The Balaban J connectivity index is 1.70. The number of thioether (sulfide) groups is 1. The van der Waals surface area contributed by atoms with Crippen LogP contribution in [0.1, 0.15) is 39.6 Å². The first kappa shape index (κ1) is 25.8. The van der Waals surface area contributed by atoms with Crippen LogP contribution in [0.5, 0.6) is 0 Å². The summed E-state index contributed by atoms with van der Waals surface area (Å²) < 4.78 is 38.8. The first-order chi connectivity index (χ1) is 16.6. The van der Waals surface area contributed by atoms with Gasteiger partial charge in [0.2, 0.25) is 5.91 Å². The number of anilines is 2. The number of carboxylic acids is 1. The van der Waals surface area contributed by atoms with Gasteiger partial charge in [-0.05, 0) is 48.9 Å². The lowest BCUT2D eigenvalue weighted by atomic mass is 10.1. The van der Waals surface area contributed by atoms with Gasteiger partial charge in [-0.1, -0.05) is 37.3 Å². The maximum absolute atomic E-state index is 12.9. The third-order valence-corrected chi connectivity index (χ3v) is 6.24. The Bertz CT molecular complexity index is 1250.